The number of β-amino-alcohol motifs (C(OH)–C–C–N with tert-alkyl or cyclic N) is 1. The fraction of sp³-hybridized carbons (Fsp3) is 0.429. The summed E-state index contributed by atoms with van der Waals surface area (Å²) in [6.07, 6.45) is -0.526. The molecule has 3 atom stereocenters. The van der Waals surface area contributed by atoms with Gasteiger partial charge in [-0.15, -0.1) is 12.4 Å². The topological polar surface area (TPSA) is 41.9 Å². The molecule has 0 amide bonds. The number of rotatable bonds is 6. The van der Waals surface area contributed by atoms with E-state index in [0.717, 1.165) is 27.9 Å². The van der Waals surface area contributed by atoms with Gasteiger partial charge in [-0.1, -0.05) is 46.3 Å². The highest BCUT2D eigenvalue weighted by atomic mass is 79.9. The summed E-state index contributed by atoms with van der Waals surface area (Å²) in [5, 5.41) is 10.5. The predicted molar refractivity (Wildman–Crippen MR) is 114 cm³/mol. The zero-order valence-corrected chi connectivity index (χ0v) is 18.1. The summed E-state index contributed by atoms with van der Waals surface area (Å²) in [5.41, 5.74) is 2.24. The highest BCUT2D eigenvalue weighted by Crippen LogP contribution is 2.29. The number of ether oxygens (including phenoxy) is 2. The molecule has 3 unspecified atom stereocenters. The maximum absolute atomic E-state index is 10.5. The van der Waals surface area contributed by atoms with E-state index in [0.29, 0.717) is 13.2 Å². The number of aliphatic hydroxyl groups excluding tert-OH is 1. The summed E-state index contributed by atoms with van der Waals surface area (Å²) < 4.78 is 12.9. The van der Waals surface area contributed by atoms with Gasteiger partial charge in [0, 0.05) is 23.6 Å². The van der Waals surface area contributed by atoms with Gasteiger partial charge in [-0.05, 0) is 43.2 Å². The van der Waals surface area contributed by atoms with Crippen LogP contribution in [0.4, 0.5) is 0 Å². The third-order valence-electron chi connectivity index (χ3n) is 4.86. The van der Waals surface area contributed by atoms with Crippen LogP contribution >= 0.6 is 28.3 Å². The Hall–Kier alpha value is -1.11. The molecular formula is C21H27BrClNO3. The second-order valence-corrected chi connectivity index (χ2v) is 7.72. The van der Waals surface area contributed by atoms with Crippen LogP contribution in [0.15, 0.2) is 53.0 Å². The smallest absolute Gasteiger partial charge is 0.122 e. The zero-order chi connectivity index (χ0) is 18.5. The number of morpholine rings is 1. The molecule has 4 nitrogen and oxygen atoms in total. The third kappa shape index (κ3) is 5.93. The molecule has 6 heteroatoms. The van der Waals surface area contributed by atoms with Crippen molar-refractivity contribution in [3.63, 3.8) is 0 Å². The Bertz CT molecular complexity index is 713. The summed E-state index contributed by atoms with van der Waals surface area (Å²) in [6, 6.07) is 16.3. The fourth-order valence-corrected chi connectivity index (χ4v) is 3.61. The minimum Gasteiger partial charge on any atom is -0.491 e. The van der Waals surface area contributed by atoms with Crippen LogP contribution in [-0.4, -0.2) is 48.5 Å². The molecule has 0 bridgehead atoms. The van der Waals surface area contributed by atoms with Crippen LogP contribution in [0.3, 0.4) is 0 Å². The van der Waals surface area contributed by atoms with Crippen molar-refractivity contribution >= 4 is 28.3 Å². The van der Waals surface area contributed by atoms with Crippen molar-refractivity contribution in [2.75, 3.05) is 26.3 Å². The summed E-state index contributed by atoms with van der Waals surface area (Å²) in [6.45, 7) is 6.50. The van der Waals surface area contributed by atoms with Gasteiger partial charge in [0.2, 0.25) is 0 Å². The second-order valence-electron chi connectivity index (χ2n) is 6.81. The van der Waals surface area contributed by atoms with Crippen molar-refractivity contribution in [3.05, 3.63) is 64.1 Å². The van der Waals surface area contributed by atoms with E-state index < -0.39 is 6.10 Å². The molecular weight excluding hydrogens is 430 g/mol. The zero-order valence-electron chi connectivity index (χ0n) is 15.7. The van der Waals surface area contributed by atoms with Gasteiger partial charge in [0.1, 0.15) is 18.5 Å². The van der Waals surface area contributed by atoms with Crippen LogP contribution in [-0.2, 0) is 4.74 Å². The van der Waals surface area contributed by atoms with Gasteiger partial charge in [0.25, 0.3) is 0 Å². The minimum absolute atomic E-state index is 0. The SMILES string of the molecule is Cc1ccccc1OCC(O)CN1CCOC(c2ccc(Br)cc2)C1C.Cl. The molecule has 2 aromatic rings. The minimum atomic E-state index is -0.541. The van der Waals surface area contributed by atoms with Crippen molar-refractivity contribution in [1.29, 1.82) is 0 Å². The first-order chi connectivity index (χ1) is 12.5. The third-order valence-corrected chi connectivity index (χ3v) is 5.39. The van der Waals surface area contributed by atoms with Gasteiger partial charge >= 0.3 is 0 Å². The molecule has 1 fully saturated rings. The number of hydrogen-bond acceptors (Lipinski definition) is 4. The standard InChI is InChI=1S/C21H26BrNO3.ClH/c1-15-5-3-4-6-20(15)26-14-19(24)13-23-11-12-25-21(16(23)2)17-7-9-18(22)10-8-17;/h3-10,16,19,21,24H,11-14H2,1-2H3;1H. The molecule has 0 spiro atoms. The highest BCUT2D eigenvalue weighted by molar-refractivity contribution is 9.10. The monoisotopic (exact) mass is 455 g/mol. The first-order valence-electron chi connectivity index (χ1n) is 9.02. The van der Waals surface area contributed by atoms with E-state index in [9.17, 15) is 5.11 Å². The van der Waals surface area contributed by atoms with E-state index in [1.165, 1.54) is 0 Å². The van der Waals surface area contributed by atoms with Crippen molar-refractivity contribution in [3.8, 4) is 5.75 Å². The fourth-order valence-electron chi connectivity index (χ4n) is 3.34. The molecule has 3 rings (SSSR count). The van der Waals surface area contributed by atoms with E-state index in [1.54, 1.807) is 0 Å². The molecule has 1 saturated heterocycles. The maximum Gasteiger partial charge on any atom is 0.122 e. The van der Waals surface area contributed by atoms with Gasteiger partial charge in [0.15, 0.2) is 0 Å². The summed E-state index contributed by atoms with van der Waals surface area (Å²) in [7, 11) is 0. The summed E-state index contributed by atoms with van der Waals surface area (Å²) in [5.74, 6) is 0.828. The lowest BCUT2D eigenvalue weighted by molar-refractivity contribution is -0.0804. The number of aryl methyl sites for hydroxylation is 1. The van der Waals surface area contributed by atoms with Crippen molar-refractivity contribution < 1.29 is 14.6 Å². The van der Waals surface area contributed by atoms with E-state index in [-0.39, 0.29) is 31.2 Å². The summed E-state index contributed by atoms with van der Waals surface area (Å²) >= 11 is 3.47. The molecule has 0 aliphatic carbocycles. The molecule has 0 radical (unpaired) electrons. The average molecular weight is 457 g/mol. The second kappa shape index (κ2) is 10.4. The number of hydrogen-bond donors (Lipinski definition) is 1. The van der Waals surface area contributed by atoms with Crippen LogP contribution in [0.2, 0.25) is 0 Å². The predicted octanol–water partition coefficient (Wildman–Crippen LogP) is 4.38. The molecule has 1 N–H and O–H groups in total. The van der Waals surface area contributed by atoms with Gasteiger partial charge in [-0.2, -0.15) is 0 Å². The van der Waals surface area contributed by atoms with Gasteiger partial charge < -0.3 is 14.6 Å². The van der Waals surface area contributed by atoms with Crippen LogP contribution in [0.1, 0.15) is 24.2 Å². The van der Waals surface area contributed by atoms with E-state index in [4.69, 9.17) is 9.47 Å². The average Bonchev–Trinajstić information content (AvgIpc) is 2.64. The number of aliphatic hydroxyl groups is 1. The maximum atomic E-state index is 10.5. The molecule has 27 heavy (non-hydrogen) atoms. The number of benzene rings is 2. The van der Waals surface area contributed by atoms with Crippen LogP contribution < -0.4 is 4.74 Å². The Morgan fingerprint density at radius 2 is 1.93 bits per heavy atom. The van der Waals surface area contributed by atoms with Crippen molar-refractivity contribution in [2.24, 2.45) is 0 Å². The normalized spacial score (nSPS) is 21.3. The Kier molecular flexibility index (Phi) is 8.58. The molecule has 1 aliphatic rings. The molecule has 2 aromatic carbocycles. The number of para-hydroxylation sites is 1. The number of nitrogens with zero attached hydrogens (tertiary/aromatic N) is 1. The van der Waals surface area contributed by atoms with E-state index in [1.807, 2.05) is 43.3 Å². The van der Waals surface area contributed by atoms with Crippen LogP contribution in [0.5, 0.6) is 5.75 Å². The lowest BCUT2D eigenvalue weighted by atomic mass is 10.0. The van der Waals surface area contributed by atoms with Crippen LogP contribution in [0.25, 0.3) is 0 Å². The Balaban J connectivity index is 0.00000261. The van der Waals surface area contributed by atoms with E-state index >= 15 is 0 Å². The van der Waals surface area contributed by atoms with E-state index in [2.05, 4.69) is 39.9 Å². The summed E-state index contributed by atoms with van der Waals surface area (Å²) in [4.78, 5) is 2.28. The lowest BCUT2D eigenvalue weighted by Gasteiger charge is -2.40. The Morgan fingerprint density at radius 1 is 1.22 bits per heavy atom. The molecule has 148 valence electrons. The van der Waals surface area contributed by atoms with Crippen molar-refractivity contribution in [2.45, 2.75) is 32.1 Å². The van der Waals surface area contributed by atoms with Crippen LogP contribution in [0, 0.1) is 6.92 Å². The number of halogens is 2. The lowest BCUT2D eigenvalue weighted by Crippen LogP contribution is -2.49. The molecule has 1 aliphatic heterocycles. The first kappa shape index (κ1) is 22.2. The molecule has 0 saturated carbocycles. The molecule has 0 aromatic heterocycles. The molecule has 1 heterocycles. The highest BCUT2D eigenvalue weighted by Gasteiger charge is 2.31. The Labute approximate surface area is 176 Å². The first-order valence-corrected chi connectivity index (χ1v) is 9.81. The Morgan fingerprint density at radius 3 is 2.63 bits per heavy atom. The van der Waals surface area contributed by atoms with Gasteiger partial charge in [-0.25, -0.2) is 0 Å². The quantitative estimate of drug-likeness (QED) is 0.700. The largest absolute Gasteiger partial charge is 0.491 e. The van der Waals surface area contributed by atoms with Crippen molar-refractivity contribution in [1.82, 2.24) is 4.90 Å². The van der Waals surface area contributed by atoms with Gasteiger partial charge in [0.05, 0.1) is 12.7 Å². The van der Waals surface area contributed by atoms with Gasteiger partial charge in [-0.3, -0.25) is 4.90 Å².